The lowest BCUT2D eigenvalue weighted by Crippen LogP contribution is -2.21. The highest BCUT2D eigenvalue weighted by Crippen LogP contribution is 2.64. The van der Waals surface area contributed by atoms with Crippen molar-refractivity contribution in [3.05, 3.63) is 34.9 Å². The lowest BCUT2D eigenvalue weighted by Gasteiger charge is -2.19. The average molecular weight is 288 g/mol. The highest BCUT2D eigenvalue weighted by Gasteiger charge is 2.62. The normalized spacial score (nSPS) is 39.1. The lowest BCUT2D eigenvalue weighted by molar-refractivity contribution is 0.0904. The van der Waals surface area contributed by atoms with Crippen LogP contribution < -0.4 is 0 Å². The third-order valence-corrected chi connectivity index (χ3v) is 5.65. The van der Waals surface area contributed by atoms with Crippen LogP contribution in [0.1, 0.15) is 66.7 Å². The van der Waals surface area contributed by atoms with Crippen molar-refractivity contribution in [1.29, 1.82) is 0 Å². The molecule has 0 aromatic heterocycles. The minimum absolute atomic E-state index is 0.0812. The molecule has 2 rings (SSSR count). The molecule has 0 saturated heterocycles. The predicted octanol–water partition coefficient (Wildman–Crippen LogP) is 5.42. The Morgan fingerprint density at radius 2 is 2.05 bits per heavy atom. The molecule has 0 radical (unpaired) electrons. The molecule has 1 N–H and O–H groups in total. The topological polar surface area (TPSA) is 20.2 Å². The van der Waals surface area contributed by atoms with Crippen LogP contribution in [-0.2, 0) is 0 Å². The number of aliphatic hydroxyl groups excluding tert-OH is 1. The minimum atomic E-state index is -0.212. The molecule has 2 aliphatic carbocycles. The largest absolute Gasteiger partial charge is 0.392 e. The van der Waals surface area contributed by atoms with Crippen molar-refractivity contribution in [3.63, 3.8) is 0 Å². The van der Waals surface area contributed by atoms with Crippen LogP contribution in [0.2, 0.25) is 0 Å². The van der Waals surface area contributed by atoms with Crippen LogP contribution in [0.15, 0.2) is 34.9 Å². The SMILES string of the molecule is CC(C)=CC[C@H](O)[C@@]1(C)[C@@H]2CC/C(C)=C/CC/C(C)=C/[C@@H]21. The first-order valence-electron chi connectivity index (χ1n) is 8.50. The van der Waals surface area contributed by atoms with E-state index in [1.807, 2.05) is 0 Å². The molecule has 2 aliphatic rings. The molecule has 0 heterocycles. The second-order valence-corrected chi connectivity index (χ2v) is 7.67. The van der Waals surface area contributed by atoms with E-state index in [0.29, 0.717) is 11.8 Å². The summed E-state index contributed by atoms with van der Waals surface area (Å²) in [4.78, 5) is 0. The van der Waals surface area contributed by atoms with Crippen LogP contribution in [0.4, 0.5) is 0 Å². The maximum atomic E-state index is 10.7. The monoisotopic (exact) mass is 288 g/mol. The van der Waals surface area contributed by atoms with E-state index < -0.39 is 0 Å². The highest BCUT2D eigenvalue weighted by molar-refractivity contribution is 5.23. The Morgan fingerprint density at radius 1 is 1.33 bits per heavy atom. The molecule has 4 atom stereocenters. The molecule has 1 fully saturated rings. The van der Waals surface area contributed by atoms with Crippen molar-refractivity contribution >= 4 is 0 Å². The third kappa shape index (κ3) is 3.69. The smallest absolute Gasteiger partial charge is 0.0636 e. The van der Waals surface area contributed by atoms with E-state index in [9.17, 15) is 5.11 Å². The number of aliphatic hydroxyl groups is 1. The summed E-state index contributed by atoms with van der Waals surface area (Å²) in [6.07, 6.45) is 12.4. The predicted molar refractivity (Wildman–Crippen MR) is 91.1 cm³/mol. The van der Waals surface area contributed by atoms with Gasteiger partial charge in [0.2, 0.25) is 0 Å². The van der Waals surface area contributed by atoms with Gasteiger partial charge in [-0.3, -0.25) is 0 Å². The van der Waals surface area contributed by atoms with Crippen LogP contribution in [0.25, 0.3) is 0 Å². The van der Waals surface area contributed by atoms with Crippen molar-refractivity contribution in [3.8, 4) is 0 Å². The number of hydrogen-bond donors (Lipinski definition) is 1. The molecule has 1 saturated carbocycles. The van der Waals surface area contributed by atoms with Gasteiger partial charge in [0.25, 0.3) is 0 Å². The maximum absolute atomic E-state index is 10.7. The number of hydrogen-bond acceptors (Lipinski definition) is 1. The van der Waals surface area contributed by atoms with Gasteiger partial charge >= 0.3 is 0 Å². The van der Waals surface area contributed by atoms with Crippen LogP contribution >= 0.6 is 0 Å². The summed E-state index contributed by atoms with van der Waals surface area (Å²) in [6, 6.07) is 0. The van der Waals surface area contributed by atoms with Crippen molar-refractivity contribution in [2.24, 2.45) is 17.3 Å². The Labute approximate surface area is 130 Å². The molecule has 118 valence electrons. The molecule has 0 aliphatic heterocycles. The summed E-state index contributed by atoms with van der Waals surface area (Å²) in [5, 5.41) is 10.7. The Hall–Kier alpha value is -0.820. The number of rotatable bonds is 3. The standard InChI is InChI=1S/C20H32O/c1-14(2)9-12-19(21)20(5)17-11-10-15(3)7-6-8-16(4)13-18(17)20/h7,9,13,17-19,21H,6,8,10-12H2,1-5H3/b15-7+,16-13+/t17-,18+,19+,20+/m1/s1. The lowest BCUT2D eigenvalue weighted by atomic mass is 9.92. The van der Waals surface area contributed by atoms with Gasteiger partial charge in [0.15, 0.2) is 0 Å². The minimum Gasteiger partial charge on any atom is -0.392 e. The second kappa shape index (κ2) is 6.52. The van der Waals surface area contributed by atoms with Gasteiger partial charge in [-0.15, -0.1) is 0 Å². The first-order chi connectivity index (χ1) is 9.85. The van der Waals surface area contributed by atoms with Gasteiger partial charge in [-0.05, 0) is 71.6 Å². The van der Waals surface area contributed by atoms with Gasteiger partial charge in [0.05, 0.1) is 6.10 Å². The second-order valence-electron chi connectivity index (χ2n) is 7.67. The summed E-state index contributed by atoms with van der Waals surface area (Å²) >= 11 is 0. The first-order valence-corrected chi connectivity index (χ1v) is 8.50. The van der Waals surface area contributed by atoms with Gasteiger partial charge in [0, 0.05) is 5.41 Å². The molecule has 0 amide bonds. The maximum Gasteiger partial charge on any atom is 0.0636 e. The van der Waals surface area contributed by atoms with Crippen molar-refractivity contribution in [1.82, 2.24) is 0 Å². The molecule has 0 aromatic rings. The van der Waals surface area contributed by atoms with Gasteiger partial charge in [-0.25, -0.2) is 0 Å². The number of fused-ring (bicyclic) bond motifs is 1. The molecule has 0 unspecified atom stereocenters. The highest BCUT2D eigenvalue weighted by atomic mass is 16.3. The zero-order valence-corrected chi connectivity index (χ0v) is 14.4. The van der Waals surface area contributed by atoms with Gasteiger partial charge in [-0.2, -0.15) is 0 Å². The summed E-state index contributed by atoms with van der Waals surface area (Å²) in [5.74, 6) is 1.22. The van der Waals surface area contributed by atoms with E-state index in [0.717, 1.165) is 6.42 Å². The zero-order chi connectivity index (χ0) is 15.6. The van der Waals surface area contributed by atoms with Crippen molar-refractivity contribution < 1.29 is 5.11 Å². The van der Waals surface area contributed by atoms with Gasteiger partial charge in [0.1, 0.15) is 0 Å². The number of allylic oxidation sites excluding steroid dienone is 5. The molecular weight excluding hydrogens is 256 g/mol. The van der Waals surface area contributed by atoms with Gasteiger partial charge in [-0.1, -0.05) is 41.9 Å². The van der Waals surface area contributed by atoms with Crippen LogP contribution in [-0.4, -0.2) is 11.2 Å². The van der Waals surface area contributed by atoms with Crippen molar-refractivity contribution in [2.45, 2.75) is 72.8 Å². The van der Waals surface area contributed by atoms with E-state index >= 15 is 0 Å². The van der Waals surface area contributed by atoms with E-state index in [-0.39, 0.29) is 11.5 Å². The van der Waals surface area contributed by atoms with Crippen LogP contribution in [0.3, 0.4) is 0 Å². The molecular formula is C20H32O. The molecule has 1 nitrogen and oxygen atoms in total. The molecule has 21 heavy (non-hydrogen) atoms. The average Bonchev–Trinajstić information content (AvgIpc) is 2.98. The molecule has 0 spiro atoms. The molecule has 0 aromatic carbocycles. The van der Waals surface area contributed by atoms with Crippen molar-refractivity contribution in [2.75, 3.05) is 0 Å². The molecule has 1 heteroatoms. The molecule has 0 bridgehead atoms. The third-order valence-electron chi connectivity index (χ3n) is 5.65. The summed E-state index contributed by atoms with van der Waals surface area (Å²) in [7, 11) is 0. The fourth-order valence-electron chi connectivity index (χ4n) is 3.94. The Kier molecular flexibility index (Phi) is 5.14. The Morgan fingerprint density at radius 3 is 2.71 bits per heavy atom. The zero-order valence-electron chi connectivity index (χ0n) is 14.4. The van der Waals surface area contributed by atoms with Gasteiger partial charge < -0.3 is 5.11 Å². The quantitative estimate of drug-likeness (QED) is 0.687. The first kappa shape index (κ1) is 16.5. The van der Waals surface area contributed by atoms with E-state index in [1.165, 1.54) is 42.4 Å². The fraction of sp³-hybridized carbons (Fsp3) is 0.700. The summed E-state index contributed by atoms with van der Waals surface area (Å²) in [6.45, 7) is 11.0. The summed E-state index contributed by atoms with van der Waals surface area (Å²) < 4.78 is 0. The fourth-order valence-corrected chi connectivity index (χ4v) is 3.94. The van der Waals surface area contributed by atoms with E-state index in [2.05, 4.69) is 52.8 Å². The Bertz CT molecular complexity index is 464. The summed E-state index contributed by atoms with van der Waals surface area (Å²) in [5.41, 5.74) is 4.40. The van der Waals surface area contributed by atoms with Crippen LogP contribution in [0, 0.1) is 17.3 Å². The van der Waals surface area contributed by atoms with Crippen LogP contribution in [0.5, 0.6) is 0 Å². The van der Waals surface area contributed by atoms with E-state index in [1.54, 1.807) is 0 Å². The van der Waals surface area contributed by atoms with E-state index in [4.69, 9.17) is 0 Å². The Balaban J connectivity index is 2.14.